The summed E-state index contributed by atoms with van der Waals surface area (Å²) < 4.78 is 5.86. The number of piperidine rings is 1. The molecule has 22 heteroatoms. The number of likely N-dealkylation sites (N-methyl/N-ethyl adjacent to an activating group) is 1. The van der Waals surface area contributed by atoms with E-state index in [-0.39, 0.29) is 69.8 Å². The van der Waals surface area contributed by atoms with Gasteiger partial charge in [-0.2, -0.15) is 0 Å². The van der Waals surface area contributed by atoms with Crippen LogP contribution in [0.2, 0.25) is 0 Å². The van der Waals surface area contributed by atoms with E-state index in [1.807, 2.05) is 0 Å². The molecule has 2 aliphatic heterocycles. The van der Waals surface area contributed by atoms with Gasteiger partial charge >= 0.3 is 11.9 Å². The van der Waals surface area contributed by atoms with Crippen molar-refractivity contribution in [2.24, 2.45) is 22.4 Å². The molecule has 2 heterocycles. The predicted octanol–water partition coefficient (Wildman–Crippen LogP) is -0.648. The summed E-state index contributed by atoms with van der Waals surface area (Å²) in [5.74, 6) is -9.13. The van der Waals surface area contributed by atoms with Gasteiger partial charge in [0.1, 0.15) is 54.6 Å². The first-order valence-electron chi connectivity index (χ1n) is 23.5. The molecule has 2 aromatic rings. The fourth-order valence-electron chi connectivity index (χ4n) is 8.29. The van der Waals surface area contributed by atoms with Crippen molar-refractivity contribution in [3.63, 3.8) is 0 Å². The number of carboxylic acids is 1. The summed E-state index contributed by atoms with van der Waals surface area (Å²) in [5, 5.41) is 34.0. The van der Waals surface area contributed by atoms with Crippen molar-refractivity contribution in [2.75, 3.05) is 13.6 Å². The van der Waals surface area contributed by atoms with Crippen molar-refractivity contribution in [1.82, 2.24) is 36.4 Å². The summed E-state index contributed by atoms with van der Waals surface area (Å²) in [7, 11) is 1.38. The first kappa shape index (κ1) is 55.5. The van der Waals surface area contributed by atoms with E-state index in [1.165, 1.54) is 18.9 Å². The molecule has 2 bridgehead atoms. The summed E-state index contributed by atoms with van der Waals surface area (Å²) in [6, 6.07) is 6.93. The Morgan fingerprint density at radius 1 is 0.843 bits per heavy atom. The lowest BCUT2D eigenvalue weighted by molar-refractivity contribution is -0.165. The van der Waals surface area contributed by atoms with Crippen LogP contribution in [0.5, 0.6) is 0 Å². The van der Waals surface area contributed by atoms with Crippen LogP contribution in [0.4, 0.5) is 0 Å². The van der Waals surface area contributed by atoms with Gasteiger partial charge in [-0.3, -0.25) is 43.3 Å². The zero-order valence-corrected chi connectivity index (χ0v) is 40.3. The minimum Gasteiger partial charge on any atom is -0.481 e. The highest BCUT2D eigenvalue weighted by Gasteiger charge is 2.46. The Balaban J connectivity index is 1.89. The Morgan fingerprint density at radius 3 is 2.01 bits per heavy atom. The summed E-state index contributed by atoms with van der Waals surface area (Å²) in [4.78, 5) is 132. The molecule has 0 saturated carbocycles. The highest BCUT2D eigenvalue weighted by Crippen LogP contribution is 2.25. The molecular weight excluding hydrogens is 909 g/mol. The van der Waals surface area contributed by atoms with Crippen molar-refractivity contribution in [1.29, 1.82) is 0 Å². The van der Waals surface area contributed by atoms with Gasteiger partial charge in [0.2, 0.25) is 41.4 Å². The standard InChI is InChI=1S/C48H68N10O12/c1-6-14-37(59)52-33(26-39(61)62)42(64)56-40-28(4)70-47(69)34(23-27(2)3)55-43(65)35(24-29-15-9-7-10-16-29)57(5)46(68)36(25-30-17-11-8-12-18-30)58-38(60)21-20-32(45(58)67)54-41(63)31(53-44(40)66)19-13-22-51-48(49)50/h7-12,15-18,27-28,31-36,38,40,60H,6,13-14,19-26H2,1-5H3,(H,52,59)(H,53,66)(H,54,63)(H,55,65)(H,56,64)(H,61,62)(H4,49,50,51). The number of rotatable bonds is 17. The second kappa shape index (κ2) is 26.6. The molecule has 0 spiro atoms. The number of nitrogens with two attached hydrogens (primary N) is 2. The number of aliphatic carboxylic acids is 1. The highest BCUT2D eigenvalue weighted by molar-refractivity contribution is 5.99. The van der Waals surface area contributed by atoms with Gasteiger partial charge in [-0.1, -0.05) is 81.4 Å². The molecule has 2 aliphatic rings. The van der Waals surface area contributed by atoms with Crippen LogP contribution < -0.4 is 38.1 Å². The summed E-state index contributed by atoms with van der Waals surface area (Å²) in [6.45, 7) is 6.51. The van der Waals surface area contributed by atoms with Crippen LogP contribution in [0.1, 0.15) is 90.2 Å². The summed E-state index contributed by atoms with van der Waals surface area (Å²) in [5.41, 5.74) is 12.3. The summed E-state index contributed by atoms with van der Waals surface area (Å²) >= 11 is 0. The second-order valence-electron chi connectivity index (χ2n) is 18.0. The van der Waals surface area contributed by atoms with Crippen molar-refractivity contribution in [3.05, 3.63) is 71.8 Å². The van der Waals surface area contributed by atoms with Crippen molar-refractivity contribution in [3.8, 4) is 0 Å². The van der Waals surface area contributed by atoms with Crippen molar-refractivity contribution < 1.29 is 58.1 Å². The third-order valence-electron chi connectivity index (χ3n) is 11.9. The molecule has 9 unspecified atom stereocenters. The molecule has 0 aliphatic carbocycles. The Hall–Kier alpha value is -7.10. The second-order valence-corrected chi connectivity index (χ2v) is 18.0. The molecule has 11 N–H and O–H groups in total. The number of aliphatic hydroxyl groups excluding tert-OH is 1. The first-order valence-corrected chi connectivity index (χ1v) is 23.5. The van der Waals surface area contributed by atoms with Gasteiger partial charge in [0.05, 0.1) is 6.42 Å². The number of hydrogen-bond donors (Lipinski definition) is 9. The van der Waals surface area contributed by atoms with Crippen LogP contribution >= 0.6 is 0 Å². The zero-order chi connectivity index (χ0) is 51.7. The SMILES string of the molecule is CCCC(=O)NC(CC(=O)O)C(=O)NC1C(=O)NC(CCCN=C(N)N)C(=O)NC2CCC(O)N(C2=O)C(Cc2ccccc2)C(=O)N(C)C(Cc2ccccc2)C(=O)NC(CC(C)C)C(=O)OC1C. The average molecular weight is 977 g/mol. The number of esters is 1. The molecule has 4 rings (SSSR count). The van der Waals surface area contributed by atoms with Crippen LogP contribution in [-0.4, -0.2) is 147 Å². The number of carboxylic acid groups (broad SMARTS) is 1. The fourth-order valence-corrected chi connectivity index (χ4v) is 8.29. The number of amides is 7. The van der Waals surface area contributed by atoms with Crippen LogP contribution in [-0.2, 0) is 60.7 Å². The minimum absolute atomic E-state index is 0.00214. The normalized spacial score (nSPS) is 24.4. The Bertz CT molecular complexity index is 2190. The lowest BCUT2D eigenvalue weighted by Crippen LogP contribution is -2.65. The lowest BCUT2D eigenvalue weighted by Gasteiger charge is -2.43. The number of cyclic esters (lactones) is 1. The third-order valence-corrected chi connectivity index (χ3v) is 11.9. The maximum atomic E-state index is 15.1. The Kier molecular flexibility index (Phi) is 21.1. The van der Waals surface area contributed by atoms with E-state index < -0.39 is 114 Å². The van der Waals surface area contributed by atoms with E-state index in [2.05, 4.69) is 31.6 Å². The van der Waals surface area contributed by atoms with Gasteiger partial charge in [-0.15, -0.1) is 0 Å². The third kappa shape index (κ3) is 16.3. The number of carbonyl (C=O) groups excluding carboxylic acids is 8. The molecule has 0 aromatic heterocycles. The van der Waals surface area contributed by atoms with Gasteiger partial charge in [-0.05, 0) is 62.5 Å². The number of guanidine groups is 1. The molecule has 7 amide bonds. The number of aliphatic hydroxyl groups is 1. The maximum absolute atomic E-state index is 15.1. The highest BCUT2D eigenvalue weighted by atomic mass is 16.5. The smallest absolute Gasteiger partial charge is 0.328 e. The number of ether oxygens (including phenoxy) is 1. The van der Waals surface area contributed by atoms with Crippen LogP contribution in [0.3, 0.4) is 0 Å². The quantitative estimate of drug-likeness (QED) is 0.0412. The molecule has 382 valence electrons. The minimum atomic E-state index is -1.86. The van der Waals surface area contributed by atoms with Crippen molar-refractivity contribution in [2.45, 2.75) is 147 Å². The lowest BCUT2D eigenvalue weighted by atomic mass is 9.95. The number of carbonyl (C=O) groups is 9. The zero-order valence-electron chi connectivity index (χ0n) is 40.3. The number of benzene rings is 2. The largest absolute Gasteiger partial charge is 0.481 e. The number of nitrogens with zero attached hydrogens (tertiary/aromatic N) is 3. The molecule has 2 aromatic carbocycles. The summed E-state index contributed by atoms with van der Waals surface area (Å²) in [6.07, 6.45) is -4.11. The van der Waals surface area contributed by atoms with E-state index in [1.54, 1.807) is 81.4 Å². The van der Waals surface area contributed by atoms with E-state index in [0.29, 0.717) is 17.5 Å². The first-order chi connectivity index (χ1) is 33.2. The number of aliphatic imine (C=N–C) groups is 1. The monoisotopic (exact) mass is 977 g/mol. The molecule has 2 fully saturated rings. The van der Waals surface area contributed by atoms with E-state index >= 15 is 4.79 Å². The van der Waals surface area contributed by atoms with Crippen molar-refractivity contribution >= 4 is 59.2 Å². The topological polar surface area (TPSA) is 334 Å². The molecule has 22 nitrogen and oxygen atoms in total. The van der Waals surface area contributed by atoms with Gasteiger partial charge in [-0.25, -0.2) is 4.79 Å². The molecule has 2 saturated heterocycles. The van der Waals surface area contributed by atoms with Crippen LogP contribution in [0, 0.1) is 5.92 Å². The number of hydrogen-bond acceptors (Lipinski definition) is 12. The predicted molar refractivity (Wildman–Crippen MR) is 254 cm³/mol. The van der Waals surface area contributed by atoms with Gasteiger partial charge in [0.25, 0.3) is 0 Å². The molecular formula is C48H68N10O12. The molecule has 0 radical (unpaired) electrons. The molecule has 70 heavy (non-hydrogen) atoms. The van der Waals surface area contributed by atoms with Gasteiger partial charge in [0.15, 0.2) is 5.96 Å². The average Bonchev–Trinajstić information content (AvgIpc) is 3.30. The maximum Gasteiger partial charge on any atom is 0.328 e. The van der Waals surface area contributed by atoms with E-state index in [4.69, 9.17) is 16.2 Å². The van der Waals surface area contributed by atoms with Crippen LogP contribution in [0.15, 0.2) is 65.7 Å². The fraction of sp³-hybridized carbons (Fsp3) is 0.542. The number of nitrogens with one attached hydrogen (secondary N) is 5. The number of fused-ring (bicyclic) bond motifs is 2. The molecule has 9 atom stereocenters. The Morgan fingerprint density at radius 2 is 1.44 bits per heavy atom. The Labute approximate surface area is 407 Å². The van der Waals surface area contributed by atoms with Crippen LogP contribution in [0.25, 0.3) is 0 Å². The van der Waals surface area contributed by atoms with Gasteiger partial charge < -0.3 is 62.8 Å². The van der Waals surface area contributed by atoms with Gasteiger partial charge in [0, 0.05) is 32.9 Å². The van der Waals surface area contributed by atoms with E-state index in [0.717, 1.165) is 4.90 Å². The van der Waals surface area contributed by atoms with E-state index in [9.17, 15) is 48.6 Å².